The number of hydrogen-bond acceptors (Lipinski definition) is 5. The molecule has 0 saturated carbocycles. The van der Waals surface area contributed by atoms with E-state index in [0.717, 1.165) is 22.4 Å². The Morgan fingerprint density at radius 2 is 1.62 bits per heavy atom. The fraction of sp³-hybridized carbons (Fsp3) is 0.357. The topological polar surface area (TPSA) is 106 Å². The summed E-state index contributed by atoms with van der Waals surface area (Å²) in [5.41, 5.74) is 2.25. The van der Waals surface area contributed by atoms with E-state index in [2.05, 4.69) is 15.7 Å². The summed E-state index contributed by atoms with van der Waals surface area (Å²) >= 11 is 0. The summed E-state index contributed by atoms with van der Waals surface area (Å²) in [7, 11) is 1.59. The molecule has 9 heteroatoms. The van der Waals surface area contributed by atoms with E-state index >= 15 is 0 Å². The van der Waals surface area contributed by atoms with Crippen molar-refractivity contribution in [1.29, 1.82) is 0 Å². The van der Waals surface area contributed by atoms with E-state index in [0.29, 0.717) is 13.1 Å². The Bertz CT molecular complexity index is 1300. The number of ether oxygens (including phenoxy) is 1. The highest BCUT2D eigenvalue weighted by molar-refractivity contribution is 6.01. The van der Waals surface area contributed by atoms with Crippen molar-refractivity contribution in [2.75, 3.05) is 7.05 Å². The predicted octanol–water partition coefficient (Wildman–Crippen LogP) is 3.07. The number of benzene rings is 2. The molecule has 3 aromatic rings. The van der Waals surface area contributed by atoms with Crippen molar-refractivity contribution in [2.45, 2.75) is 59.0 Å². The van der Waals surface area contributed by atoms with Gasteiger partial charge in [-0.1, -0.05) is 42.0 Å². The number of hydrogen-bond donors (Lipinski definition) is 2. The quantitative estimate of drug-likeness (QED) is 0.492. The van der Waals surface area contributed by atoms with E-state index in [9.17, 15) is 14.4 Å². The van der Waals surface area contributed by atoms with Crippen LogP contribution >= 0.6 is 0 Å². The first-order valence-corrected chi connectivity index (χ1v) is 12.3. The normalized spacial score (nSPS) is 16.9. The summed E-state index contributed by atoms with van der Waals surface area (Å²) in [6.07, 6.45) is 0.0837. The standard InChI is InChI=1S/C28H33N5O4/c1-18(2)37-22-12-10-21(11-13-22)15-29-25(34)23-14-24-26(35)32(5)28(4,17-33(24)31-23)27(36)30-16-20-8-6-19(3)7-9-20/h6-14,18H,15-17H2,1-5H3,(H,29,34)(H,30,36)/t28-/m1/s1. The van der Waals surface area contributed by atoms with Crippen LogP contribution in [0.5, 0.6) is 5.75 Å². The van der Waals surface area contributed by atoms with Crippen LogP contribution in [-0.4, -0.2) is 51.1 Å². The number of aryl methyl sites for hydroxylation is 1. The Hall–Kier alpha value is -4.14. The highest BCUT2D eigenvalue weighted by Crippen LogP contribution is 2.26. The second-order valence-corrected chi connectivity index (χ2v) is 9.87. The summed E-state index contributed by atoms with van der Waals surface area (Å²) in [5, 5.41) is 10.1. The van der Waals surface area contributed by atoms with Gasteiger partial charge in [0.25, 0.3) is 11.8 Å². The molecular formula is C28H33N5O4. The van der Waals surface area contributed by atoms with Gasteiger partial charge in [-0.25, -0.2) is 0 Å². The maximum atomic E-state index is 13.2. The van der Waals surface area contributed by atoms with Gasteiger partial charge in [0.1, 0.15) is 17.0 Å². The molecule has 1 aromatic heterocycles. The first-order chi connectivity index (χ1) is 17.6. The Morgan fingerprint density at radius 1 is 1.03 bits per heavy atom. The van der Waals surface area contributed by atoms with Gasteiger partial charge in [0.15, 0.2) is 5.69 Å². The zero-order valence-corrected chi connectivity index (χ0v) is 21.9. The summed E-state index contributed by atoms with van der Waals surface area (Å²) in [5.74, 6) is -0.293. The maximum Gasteiger partial charge on any atom is 0.272 e. The van der Waals surface area contributed by atoms with Gasteiger partial charge in [0, 0.05) is 26.2 Å². The molecule has 3 amide bonds. The van der Waals surface area contributed by atoms with E-state index in [-0.39, 0.29) is 35.9 Å². The molecular weight excluding hydrogens is 470 g/mol. The molecule has 0 fully saturated rings. The Morgan fingerprint density at radius 3 is 2.24 bits per heavy atom. The van der Waals surface area contributed by atoms with Crippen LogP contribution in [-0.2, 0) is 24.4 Å². The average molecular weight is 504 g/mol. The third kappa shape index (κ3) is 5.66. The van der Waals surface area contributed by atoms with E-state index in [1.165, 1.54) is 15.6 Å². The van der Waals surface area contributed by atoms with Gasteiger partial charge < -0.3 is 20.3 Å². The van der Waals surface area contributed by atoms with Crippen molar-refractivity contribution in [3.63, 3.8) is 0 Å². The Labute approximate surface area is 216 Å². The SMILES string of the molecule is Cc1ccc(CNC(=O)[C@@]2(C)Cn3nc(C(=O)NCc4ccc(OC(C)C)cc4)cc3C(=O)N2C)cc1. The van der Waals surface area contributed by atoms with E-state index in [1.807, 2.05) is 69.3 Å². The smallest absolute Gasteiger partial charge is 0.272 e. The van der Waals surface area contributed by atoms with Crippen LogP contribution in [0.3, 0.4) is 0 Å². The van der Waals surface area contributed by atoms with Crippen molar-refractivity contribution in [3.05, 3.63) is 82.7 Å². The lowest BCUT2D eigenvalue weighted by Gasteiger charge is -2.40. The predicted molar refractivity (Wildman–Crippen MR) is 139 cm³/mol. The van der Waals surface area contributed by atoms with Crippen LogP contribution in [0.4, 0.5) is 0 Å². The molecule has 0 saturated heterocycles. The molecule has 2 aromatic carbocycles. The van der Waals surface area contributed by atoms with Crippen molar-refractivity contribution < 1.29 is 19.1 Å². The van der Waals surface area contributed by atoms with Gasteiger partial charge >= 0.3 is 0 Å². The Balaban J connectivity index is 1.41. The summed E-state index contributed by atoms with van der Waals surface area (Å²) in [4.78, 5) is 40.5. The molecule has 194 valence electrons. The van der Waals surface area contributed by atoms with Crippen molar-refractivity contribution in [2.24, 2.45) is 0 Å². The van der Waals surface area contributed by atoms with Gasteiger partial charge in [-0.15, -0.1) is 0 Å². The van der Waals surface area contributed by atoms with Crippen LogP contribution in [0.1, 0.15) is 58.4 Å². The first kappa shape index (κ1) is 25.9. The van der Waals surface area contributed by atoms with Gasteiger partial charge in [-0.2, -0.15) is 5.10 Å². The van der Waals surface area contributed by atoms with Gasteiger partial charge in [-0.05, 0) is 51.0 Å². The number of rotatable bonds is 8. The molecule has 37 heavy (non-hydrogen) atoms. The van der Waals surface area contributed by atoms with Crippen molar-refractivity contribution in [3.8, 4) is 5.75 Å². The van der Waals surface area contributed by atoms with E-state index < -0.39 is 11.4 Å². The van der Waals surface area contributed by atoms with Gasteiger partial charge in [0.05, 0.1) is 12.6 Å². The number of carbonyl (C=O) groups excluding carboxylic acids is 3. The summed E-state index contributed by atoms with van der Waals surface area (Å²) in [6.45, 7) is 8.41. The van der Waals surface area contributed by atoms with Crippen molar-refractivity contribution in [1.82, 2.24) is 25.3 Å². The van der Waals surface area contributed by atoms with Crippen LogP contribution < -0.4 is 15.4 Å². The van der Waals surface area contributed by atoms with Gasteiger partial charge in [0.2, 0.25) is 5.91 Å². The lowest BCUT2D eigenvalue weighted by molar-refractivity contribution is -0.132. The monoisotopic (exact) mass is 503 g/mol. The minimum Gasteiger partial charge on any atom is -0.491 e. The third-order valence-corrected chi connectivity index (χ3v) is 6.55. The van der Waals surface area contributed by atoms with Crippen LogP contribution in [0.2, 0.25) is 0 Å². The van der Waals surface area contributed by atoms with Gasteiger partial charge in [-0.3, -0.25) is 19.1 Å². The highest BCUT2D eigenvalue weighted by atomic mass is 16.5. The zero-order valence-electron chi connectivity index (χ0n) is 21.9. The number of carbonyl (C=O) groups is 3. The summed E-state index contributed by atoms with van der Waals surface area (Å²) in [6, 6.07) is 16.8. The number of nitrogens with one attached hydrogen (secondary N) is 2. The number of likely N-dealkylation sites (N-methyl/N-ethyl adjacent to an activating group) is 1. The highest BCUT2D eigenvalue weighted by Gasteiger charge is 2.46. The molecule has 0 radical (unpaired) electrons. The number of aromatic nitrogens is 2. The maximum absolute atomic E-state index is 13.2. The van der Waals surface area contributed by atoms with Crippen LogP contribution in [0, 0.1) is 6.92 Å². The minimum atomic E-state index is -1.16. The molecule has 1 aliphatic heterocycles. The number of amides is 3. The Kier molecular flexibility index (Phi) is 7.33. The molecule has 2 N–H and O–H groups in total. The molecule has 2 heterocycles. The largest absolute Gasteiger partial charge is 0.491 e. The second-order valence-electron chi connectivity index (χ2n) is 9.87. The average Bonchev–Trinajstić information content (AvgIpc) is 3.30. The molecule has 1 atom stereocenters. The number of fused-ring (bicyclic) bond motifs is 1. The molecule has 0 spiro atoms. The van der Waals surface area contributed by atoms with Crippen molar-refractivity contribution >= 4 is 17.7 Å². The fourth-order valence-corrected chi connectivity index (χ4v) is 4.15. The molecule has 0 aliphatic carbocycles. The van der Waals surface area contributed by atoms with Crippen LogP contribution in [0.15, 0.2) is 54.6 Å². The second kappa shape index (κ2) is 10.5. The lowest BCUT2D eigenvalue weighted by atomic mass is 9.95. The molecule has 9 nitrogen and oxygen atoms in total. The van der Waals surface area contributed by atoms with Crippen LogP contribution in [0.25, 0.3) is 0 Å². The zero-order chi connectivity index (χ0) is 26.7. The molecule has 4 rings (SSSR count). The van der Waals surface area contributed by atoms with E-state index in [4.69, 9.17) is 4.74 Å². The fourth-order valence-electron chi connectivity index (χ4n) is 4.15. The molecule has 0 unspecified atom stereocenters. The minimum absolute atomic E-state index is 0.0837. The first-order valence-electron chi connectivity index (χ1n) is 12.3. The van der Waals surface area contributed by atoms with E-state index in [1.54, 1.807) is 14.0 Å². The lowest BCUT2D eigenvalue weighted by Crippen LogP contribution is -2.62. The molecule has 1 aliphatic rings. The molecule has 0 bridgehead atoms. The summed E-state index contributed by atoms with van der Waals surface area (Å²) < 4.78 is 7.09. The third-order valence-electron chi connectivity index (χ3n) is 6.55. The number of nitrogens with zero attached hydrogens (tertiary/aromatic N) is 3.